The van der Waals surface area contributed by atoms with Gasteiger partial charge in [0.1, 0.15) is 6.10 Å². The van der Waals surface area contributed by atoms with E-state index in [1.54, 1.807) is 12.1 Å². The number of anilines is 1. The maximum absolute atomic E-state index is 12.3. The number of nitrogens with one attached hydrogen (secondary N) is 1. The maximum Gasteiger partial charge on any atom is 0.269 e. The van der Waals surface area contributed by atoms with Crippen LogP contribution < -0.4 is 10.1 Å². The van der Waals surface area contributed by atoms with Crippen molar-refractivity contribution in [2.45, 2.75) is 12.5 Å². The molecule has 0 spiro atoms. The Balaban J connectivity index is 1.66. The fraction of sp³-hybridized carbons (Fsp3) is 0.250. The predicted molar refractivity (Wildman–Crippen MR) is 85.1 cm³/mol. The Kier molecular flexibility index (Phi) is 4.66. The SMILES string of the molecule is O=C(Nc1ccc([N+](=O)[O-])cc1)c1ccnc(OC2CCOC2)c1. The quantitative estimate of drug-likeness (QED) is 0.667. The molecule has 2 aromatic rings. The van der Waals surface area contributed by atoms with E-state index < -0.39 is 4.92 Å². The van der Waals surface area contributed by atoms with E-state index in [2.05, 4.69) is 10.3 Å². The molecule has 1 saturated heterocycles. The van der Waals surface area contributed by atoms with Crippen LogP contribution in [0.25, 0.3) is 0 Å². The van der Waals surface area contributed by atoms with Gasteiger partial charge in [0.15, 0.2) is 0 Å². The van der Waals surface area contributed by atoms with Crippen LogP contribution in [0.5, 0.6) is 5.88 Å². The Bertz CT molecular complexity index is 742. The molecule has 8 nitrogen and oxygen atoms in total. The van der Waals surface area contributed by atoms with Gasteiger partial charge in [-0.1, -0.05) is 0 Å². The molecule has 1 aliphatic rings. The van der Waals surface area contributed by atoms with Crippen LogP contribution in [0.2, 0.25) is 0 Å². The Labute approximate surface area is 137 Å². The smallest absolute Gasteiger partial charge is 0.269 e. The second-order valence-electron chi connectivity index (χ2n) is 5.24. The first kappa shape index (κ1) is 15.9. The number of non-ortho nitro benzene ring substituents is 1. The Morgan fingerprint density at radius 3 is 2.79 bits per heavy atom. The standard InChI is InChI=1S/C16H15N3O5/c20-16(18-12-1-3-13(4-2-12)19(21)22)11-5-7-17-15(9-11)24-14-6-8-23-10-14/h1-5,7,9,14H,6,8,10H2,(H,18,20). The highest BCUT2D eigenvalue weighted by atomic mass is 16.6. The molecule has 1 unspecified atom stereocenters. The van der Waals surface area contributed by atoms with Crippen LogP contribution >= 0.6 is 0 Å². The summed E-state index contributed by atoms with van der Waals surface area (Å²) < 4.78 is 10.9. The zero-order chi connectivity index (χ0) is 16.9. The van der Waals surface area contributed by atoms with Crippen molar-refractivity contribution in [1.82, 2.24) is 4.98 Å². The van der Waals surface area contributed by atoms with Crippen molar-refractivity contribution in [3.63, 3.8) is 0 Å². The first-order chi connectivity index (χ1) is 11.6. The molecule has 8 heteroatoms. The lowest BCUT2D eigenvalue weighted by Gasteiger charge is -2.11. The van der Waals surface area contributed by atoms with Gasteiger partial charge in [0.2, 0.25) is 5.88 Å². The Morgan fingerprint density at radius 1 is 1.33 bits per heavy atom. The van der Waals surface area contributed by atoms with Gasteiger partial charge >= 0.3 is 0 Å². The molecule has 3 rings (SSSR count). The third-order valence-electron chi connectivity index (χ3n) is 3.51. The van der Waals surface area contributed by atoms with Gasteiger partial charge in [-0.25, -0.2) is 4.98 Å². The third-order valence-corrected chi connectivity index (χ3v) is 3.51. The monoisotopic (exact) mass is 329 g/mol. The highest BCUT2D eigenvalue weighted by Gasteiger charge is 2.18. The topological polar surface area (TPSA) is 104 Å². The molecule has 1 aromatic carbocycles. The number of amides is 1. The Morgan fingerprint density at radius 2 is 2.12 bits per heavy atom. The summed E-state index contributed by atoms with van der Waals surface area (Å²) >= 11 is 0. The molecule has 0 radical (unpaired) electrons. The normalized spacial score (nSPS) is 16.6. The average Bonchev–Trinajstić information content (AvgIpc) is 3.08. The van der Waals surface area contributed by atoms with Crippen LogP contribution in [0.15, 0.2) is 42.6 Å². The van der Waals surface area contributed by atoms with Crippen LogP contribution in [-0.2, 0) is 4.74 Å². The van der Waals surface area contributed by atoms with Crippen molar-refractivity contribution in [3.8, 4) is 5.88 Å². The van der Waals surface area contributed by atoms with E-state index in [9.17, 15) is 14.9 Å². The summed E-state index contributed by atoms with van der Waals surface area (Å²) in [5, 5.41) is 13.3. The number of carbonyl (C=O) groups excluding carboxylic acids is 1. The summed E-state index contributed by atoms with van der Waals surface area (Å²) in [7, 11) is 0. The van der Waals surface area contributed by atoms with Gasteiger partial charge < -0.3 is 14.8 Å². The van der Waals surface area contributed by atoms with E-state index in [0.29, 0.717) is 30.3 Å². The zero-order valence-corrected chi connectivity index (χ0v) is 12.7. The van der Waals surface area contributed by atoms with E-state index in [4.69, 9.17) is 9.47 Å². The lowest BCUT2D eigenvalue weighted by molar-refractivity contribution is -0.384. The maximum atomic E-state index is 12.3. The summed E-state index contributed by atoms with van der Waals surface area (Å²) in [5.41, 5.74) is 0.817. The minimum atomic E-state index is -0.495. The van der Waals surface area contributed by atoms with Gasteiger partial charge in [-0.3, -0.25) is 14.9 Å². The molecule has 1 aromatic heterocycles. The summed E-state index contributed by atoms with van der Waals surface area (Å²) in [6.45, 7) is 1.17. The van der Waals surface area contributed by atoms with Crippen LogP contribution in [0.1, 0.15) is 16.8 Å². The fourth-order valence-electron chi connectivity index (χ4n) is 2.26. The number of hydrogen-bond donors (Lipinski definition) is 1. The van der Waals surface area contributed by atoms with E-state index in [1.807, 2.05) is 0 Å². The number of nitrogens with zero attached hydrogens (tertiary/aromatic N) is 2. The van der Waals surface area contributed by atoms with Crippen molar-refractivity contribution < 1.29 is 19.2 Å². The van der Waals surface area contributed by atoms with E-state index >= 15 is 0 Å². The van der Waals surface area contributed by atoms with Crippen LogP contribution in [0.3, 0.4) is 0 Å². The third kappa shape index (κ3) is 3.85. The number of rotatable bonds is 5. The fourth-order valence-corrected chi connectivity index (χ4v) is 2.26. The number of carbonyl (C=O) groups is 1. The van der Waals surface area contributed by atoms with Gasteiger partial charge in [-0.15, -0.1) is 0 Å². The highest BCUT2D eigenvalue weighted by molar-refractivity contribution is 6.04. The van der Waals surface area contributed by atoms with Gasteiger partial charge in [0.25, 0.3) is 11.6 Å². The summed E-state index contributed by atoms with van der Waals surface area (Å²) in [4.78, 5) is 26.5. The average molecular weight is 329 g/mol. The number of pyridine rings is 1. The number of nitro benzene ring substituents is 1. The zero-order valence-electron chi connectivity index (χ0n) is 12.7. The summed E-state index contributed by atoms with van der Waals surface area (Å²) in [6.07, 6.45) is 2.24. The lowest BCUT2D eigenvalue weighted by atomic mass is 10.2. The first-order valence-electron chi connectivity index (χ1n) is 7.38. The minimum absolute atomic E-state index is 0.0358. The summed E-state index contributed by atoms with van der Waals surface area (Å²) in [6, 6.07) is 8.74. The molecule has 1 N–H and O–H groups in total. The van der Waals surface area contributed by atoms with Crippen molar-refractivity contribution in [3.05, 3.63) is 58.3 Å². The second-order valence-corrected chi connectivity index (χ2v) is 5.24. The molecule has 1 aliphatic heterocycles. The number of aromatic nitrogens is 1. The van der Waals surface area contributed by atoms with Crippen molar-refractivity contribution in [1.29, 1.82) is 0 Å². The number of benzene rings is 1. The van der Waals surface area contributed by atoms with E-state index in [0.717, 1.165) is 6.42 Å². The van der Waals surface area contributed by atoms with Crippen molar-refractivity contribution in [2.24, 2.45) is 0 Å². The molecular weight excluding hydrogens is 314 g/mol. The van der Waals surface area contributed by atoms with Crippen molar-refractivity contribution in [2.75, 3.05) is 18.5 Å². The lowest BCUT2D eigenvalue weighted by Crippen LogP contribution is -2.17. The van der Waals surface area contributed by atoms with Gasteiger partial charge in [0.05, 0.1) is 18.1 Å². The van der Waals surface area contributed by atoms with Crippen LogP contribution in [0, 0.1) is 10.1 Å². The molecule has 1 atom stereocenters. The summed E-state index contributed by atoms with van der Waals surface area (Å²) in [5.74, 6) is 0.0145. The molecule has 1 amide bonds. The van der Waals surface area contributed by atoms with Crippen LogP contribution in [-0.4, -0.2) is 35.1 Å². The number of nitro groups is 1. The van der Waals surface area contributed by atoms with Gasteiger partial charge in [-0.2, -0.15) is 0 Å². The predicted octanol–water partition coefficient (Wildman–Crippen LogP) is 2.41. The van der Waals surface area contributed by atoms with Crippen LogP contribution in [0.4, 0.5) is 11.4 Å². The largest absolute Gasteiger partial charge is 0.472 e. The van der Waals surface area contributed by atoms with Crippen molar-refractivity contribution >= 4 is 17.3 Å². The van der Waals surface area contributed by atoms with E-state index in [-0.39, 0.29) is 17.7 Å². The molecule has 2 heterocycles. The molecule has 0 aliphatic carbocycles. The second kappa shape index (κ2) is 7.05. The number of hydrogen-bond acceptors (Lipinski definition) is 6. The number of ether oxygens (including phenoxy) is 2. The highest BCUT2D eigenvalue weighted by Crippen LogP contribution is 2.18. The molecule has 0 saturated carbocycles. The Hall–Kier alpha value is -3.00. The minimum Gasteiger partial charge on any atom is -0.472 e. The van der Waals surface area contributed by atoms with Gasteiger partial charge in [-0.05, 0) is 18.2 Å². The molecule has 0 bridgehead atoms. The molecule has 124 valence electrons. The van der Waals surface area contributed by atoms with Gasteiger partial charge in [0, 0.05) is 42.1 Å². The molecular formula is C16H15N3O5. The molecule has 24 heavy (non-hydrogen) atoms. The first-order valence-corrected chi connectivity index (χ1v) is 7.38. The molecule has 1 fully saturated rings. The van der Waals surface area contributed by atoms with E-state index in [1.165, 1.54) is 30.5 Å².